The SMILES string of the molecule is CCNC(=NCCCNC(=O)c1cccc(O)c1)NC(C)CCC(C)C. The van der Waals surface area contributed by atoms with Crippen LogP contribution in [0.1, 0.15) is 57.3 Å². The van der Waals surface area contributed by atoms with Crippen LogP contribution >= 0.6 is 0 Å². The predicted octanol–water partition coefficient (Wildman–Crippen LogP) is 2.89. The highest BCUT2D eigenvalue weighted by Crippen LogP contribution is 2.10. The second-order valence-corrected chi connectivity index (χ2v) is 6.94. The topological polar surface area (TPSA) is 85.8 Å². The molecule has 0 spiro atoms. The molecular weight excluding hydrogens is 328 g/mol. The van der Waals surface area contributed by atoms with Gasteiger partial charge in [-0.2, -0.15) is 0 Å². The Morgan fingerprint density at radius 3 is 2.62 bits per heavy atom. The lowest BCUT2D eigenvalue weighted by atomic mass is 10.0. The van der Waals surface area contributed by atoms with Crippen molar-refractivity contribution in [3.63, 3.8) is 0 Å². The molecule has 0 saturated heterocycles. The maximum absolute atomic E-state index is 12.0. The van der Waals surface area contributed by atoms with E-state index >= 15 is 0 Å². The molecule has 4 N–H and O–H groups in total. The predicted molar refractivity (Wildman–Crippen MR) is 108 cm³/mol. The van der Waals surface area contributed by atoms with Crippen molar-refractivity contribution in [3.8, 4) is 5.75 Å². The van der Waals surface area contributed by atoms with Gasteiger partial charge in [-0.25, -0.2) is 0 Å². The van der Waals surface area contributed by atoms with E-state index in [9.17, 15) is 9.90 Å². The molecule has 146 valence electrons. The first-order valence-electron chi connectivity index (χ1n) is 9.54. The Kier molecular flexibility index (Phi) is 10.2. The molecular formula is C20H34N4O2. The fourth-order valence-electron chi connectivity index (χ4n) is 2.43. The number of benzene rings is 1. The minimum absolute atomic E-state index is 0.0928. The standard InChI is InChI=1S/C20H34N4O2/c1-5-21-20(24-16(4)11-10-15(2)3)23-13-7-12-22-19(26)17-8-6-9-18(25)14-17/h6,8-9,14-16,25H,5,7,10-13H2,1-4H3,(H,22,26)(H2,21,23,24). The Balaban J connectivity index is 2.35. The van der Waals surface area contributed by atoms with Gasteiger partial charge < -0.3 is 21.1 Å². The fraction of sp³-hybridized carbons (Fsp3) is 0.600. The summed E-state index contributed by atoms with van der Waals surface area (Å²) < 4.78 is 0. The van der Waals surface area contributed by atoms with Crippen LogP contribution in [0.2, 0.25) is 0 Å². The summed E-state index contributed by atoms with van der Waals surface area (Å²) in [7, 11) is 0. The number of phenolic OH excluding ortho intramolecular Hbond substituents is 1. The van der Waals surface area contributed by atoms with E-state index in [-0.39, 0.29) is 11.7 Å². The van der Waals surface area contributed by atoms with Gasteiger partial charge in [-0.3, -0.25) is 9.79 Å². The first-order valence-corrected chi connectivity index (χ1v) is 9.54. The molecule has 0 saturated carbocycles. The molecule has 1 atom stereocenters. The highest BCUT2D eigenvalue weighted by atomic mass is 16.3. The molecule has 0 aliphatic carbocycles. The zero-order valence-electron chi connectivity index (χ0n) is 16.5. The molecule has 0 aliphatic heterocycles. The van der Waals surface area contributed by atoms with Gasteiger partial charge in [0.15, 0.2) is 5.96 Å². The van der Waals surface area contributed by atoms with Crippen molar-refractivity contribution in [2.75, 3.05) is 19.6 Å². The summed E-state index contributed by atoms with van der Waals surface area (Å²) in [6.45, 7) is 10.7. The molecule has 6 nitrogen and oxygen atoms in total. The van der Waals surface area contributed by atoms with Crippen LogP contribution in [0.4, 0.5) is 0 Å². The number of phenols is 1. The number of carbonyl (C=O) groups excluding carboxylic acids is 1. The molecule has 26 heavy (non-hydrogen) atoms. The van der Waals surface area contributed by atoms with Crippen molar-refractivity contribution in [1.82, 2.24) is 16.0 Å². The number of aromatic hydroxyl groups is 1. The van der Waals surface area contributed by atoms with Crippen LogP contribution in [-0.2, 0) is 0 Å². The van der Waals surface area contributed by atoms with E-state index in [4.69, 9.17) is 0 Å². The summed E-state index contributed by atoms with van der Waals surface area (Å²) in [6, 6.07) is 6.71. The summed E-state index contributed by atoms with van der Waals surface area (Å²) in [5, 5.41) is 18.9. The highest BCUT2D eigenvalue weighted by Gasteiger charge is 2.07. The van der Waals surface area contributed by atoms with Crippen molar-refractivity contribution in [1.29, 1.82) is 0 Å². The van der Waals surface area contributed by atoms with Gasteiger partial charge in [0.05, 0.1) is 0 Å². The molecule has 1 rings (SSSR count). The fourth-order valence-corrected chi connectivity index (χ4v) is 2.43. The summed E-state index contributed by atoms with van der Waals surface area (Å²) >= 11 is 0. The lowest BCUT2D eigenvalue weighted by Gasteiger charge is -2.18. The molecule has 0 aromatic heterocycles. The number of nitrogens with zero attached hydrogens (tertiary/aromatic N) is 1. The van der Waals surface area contributed by atoms with Crippen molar-refractivity contribution < 1.29 is 9.90 Å². The van der Waals surface area contributed by atoms with E-state index in [1.54, 1.807) is 18.2 Å². The van der Waals surface area contributed by atoms with Crippen LogP contribution in [0.3, 0.4) is 0 Å². The third-order valence-corrected chi connectivity index (χ3v) is 3.90. The molecule has 1 amide bonds. The van der Waals surface area contributed by atoms with E-state index < -0.39 is 0 Å². The molecule has 1 unspecified atom stereocenters. The van der Waals surface area contributed by atoms with Gasteiger partial charge in [-0.15, -0.1) is 0 Å². The van der Waals surface area contributed by atoms with Gasteiger partial charge in [0.1, 0.15) is 5.75 Å². The van der Waals surface area contributed by atoms with Crippen molar-refractivity contribution >= 4 is 11.9 Å². The Morgan fingerprint density at radius 1 is 1.19 bits per heavy atom. The first kappa shape index (κ1) is 21.8. The third kappa shape index (κ3) is 9.30. The molecule has 0 radical (unpaired) electrons. The van der Waals surface area contributed by atoms with Crippen LogP contribution in [-0.4, -0.2) is 42.6 Å². The molecule has 0 bridgehead atoms. The average molecular weight is 363 g/mol. The molecule has 0 fully saturated rings. The number of nitrogens with one attached hydrogen (secondary N) is 3. The number of rotatable bonds is 10. The maximum Gasteiger partial charge on any atom is 0.251 e. The van der Waals surface area contributed by atoms with Crippen LogP contribution in [0.25, 0.3) is 0 Å². The number of carbonyl (C=O) groups is 1. The van der Waals surface area contributed by atoms with E-state index in [2.05, 4.69) is 41.7 Å². The highest BCUT2D eigenvalue weighted by molar-refractivity contribution is 5.94. The van der Waals surface area contributed by atoms with E-state index in [0.717, 1.165) is 25.3 Å². The summed E-state index contributed by atoms with van der Waals surface area (Å²) in [5.41, 5.74) is 0.461. The summed E-state index contributed by atoms with van der Waals surface area (Å²) in [6.07, 6.45) is 3.05. The molecule has 1 aromatic rings. The lowest BCUT2D eigenvalue weighted by molar-refractivity contribution is 0.0953. The second kappa shape index (κ2) is 12.2. The van der Waals surface area contributed by atoms with Gasteiger partial charge in [-0.05, 0) is 57.2 Å². The van der Waals surface area contributed by atoms with Crippen molar-refractivity contribution in [2.45, 2.75) is 53.0 Å². The van der Waals surface area contributed by atoms with Gasteiger partial charge in [0.25, 0.3) is 5.91 Å². The number of guanidine groups is 1. The average Bonchev–Trinajstić information content (AvgIpc) is 2.59. The summed E-state index contributed by atoms with van der Waals surface area (Å²) in [4.78, 5) is 16.6. The zero-order chi connectivity index (χ0) is 19.4. The minimum atomic E-state index is -0.183. The van der Waals surface area contributed by atoms with Crippen LogP contribution in [0.15, 0.2) is 29.3 Å². The smallest absolute Gasteiger partial charge is 0.251 e. The molecule has 1 aromatic carbocycles. The lowest BCUT2D eigenvalue weighted by Crippen LogP contribution is -2.42. The van der Waals surface area contributed by atoms with E-state index in [0.29, 0.717) is 30.6 Å². The third-order valence-electron chi connectivity index (χ3n) is 3.90. The van der Waals surface area contributed by atoms with Crippen LogP contribution in [0.5, 0.6) is 5.75 Å². The molecule has 0 heterocycles. The van der Waals surface area contributed by atoms with Gasteiger partial charge in [0, 0.05) is 31.2 Å². The molecule has 6 heteroatoms. The van der Waals surface area contributed by atoms with Crippen LogP contribution in [0, 0.1) is 5.92 Å². The zero-order valence-corrected chi connectivity index (χ0v) is 16.5. The Morgan fingerprint density at radius 2 is 1.96 bits per heavy atom. The minimum Gasteiger partial charge on any atom is -0.508 e. The second-order valence-electron chi connectivity index (χ2n) is 6.94. The number of hydrogen-bond donors (Lipinski definition) is 4. The summed E-state index contributed by atoms with van der Waals surface area (Å²) in [5.74, 6) is 1.43. The normalized spacial score (nSPS) is 12.7. The Bertz CT molecular complexity index is 573. The Hall–Kier alpha value is -2.24. The van der Waals surface area contributed by atoms with Gasteiger partial charge >= 0.3 is 0 Å². The first-order chi connectivity index (χ1) is 12.4. The largest absolute Gasteiger partial charge is 0.508 e. The number of amides is 1. The monoisotopic (exact) mass is 362 g/mol. The van der Waals surface area contributed by atoms with Gasteiger partial charge in [0.2, 0.25) is 0 Å². The van der Waals surface area contributed by atoms with Gasteiger partial charge in [-0.1, -0.05) is 19.9 Å². The van der Waals surface area contributed by atoms with Crippen molar-refractivity contribution in [3.05, 3.63) is 29.8 Å². The Labute approximate surface area is 157 Å². The van der Waals surface area contributed by atoms with Crippen molar-refractivity contribution in [2.24, 2.45) is 10.9 Å². The van der Waals surface area contributed by atoms with Crippen LogP contribution < -0.4 is 16.0 Å². The van der Waals surface area contributed by atoms with E-state index in [1.807, 2.05) is 6.92 Å². The number of hydrogen-bond acceptors (Lipinski definition) is 3. The van der Waals surface area contributed by atoms with E-state index in [1.165, 1.54) is 12.5 Å². The molecule has 0 aliphatic rings. The quantitative estimate of drug-likeness (QED) is 0.293. The number of aliphatic imine (C=N–C) groups is 1. The maximum atomic E-state index is 12.0.